The van der Waals surface area contributed by atoms with Gasteiger partial charge in [-0.3, -0.25) is 9.59 Å². The van der Waals surface area contributed by atoms with Crippen LogP contribution in [0.15, 0.2) is 42.5 Å². The van der Waals surface area contributed by atoms with Crippen LogP contribution in [-0.2, 0) is 9.59 Å². The molecule has 1 unspecified atom stereocenters. The molecule has 1 atom stereocenters. The van der Waals surface area contributed by atoms with Crippen LogP contribution in [0, 0.1) is 13.8 Å². The van der Waals surface area contributed by atoms with Crippen LogP contribution >= 0.6 is 0 Å². The highest BCUT2D eigenvalue weighted by Gasteiger charge is 2.18. The largest absolute Gasteiger partial charge is 0.478 e. The summed E-state index contributed by atoms with van der Waals surface area (Å²) in [7, 11) is 0. The first-order valence-electron chi connectivity index (χ1n) is 8.23. The third kappa shape index (κ3) is 5.17. The summed E-state index contributed by atoms with van der Waals surface area (Å²) in [6, 6.07) is 11.7. The van der Waals surface area contributed by atoms with Crippen molar-refractivity contribution in [3.63, 3.8) is 0 Å². The van der Waals surface area contributed by atoms with Gasteiger partial charge in [0.1, 0.15) is 0 Å². The smallest absolute Gasteiger partial charge is 0.335 e. The molecule has 0 spiro atoms. The van der Waals surface area contributed by atoms with E-state index >= 15 is 0 Å². The second-order valence-electron chi connectivity index (χ2n) is 6.25. The molecule has 2 aromatic carbocycles. The van der Waals surface area contributed by atoms with Gasteiger partial charge < -0.3 is 15.7 Å². The highest BCUT2D eigenvalue weighted by atomic mass is 16.4. The van der Waals surface area contributed by atoms with E-state index in [4.69, 9.17) is 5.11 Å². The summed E-state index contributed by atoms with van der Waals surface area (Å²) in [4.78, 5) is 35.1. The van der Waals surface area contributed by atoms with Crippen molar-refractivity contribution in [1.82, 2.24) is 5.32 Å². The first-order valence-corrected chi connectivity index (χ1v) is 8.23. The molecular formula is C20H22N2O4. The van der Waals surface area contributed by atoms with Crippen LogP contribution in [0.2, 0.25) is 0 Å². The summed E-state index contributed by atoms with van der Waals surface area (Å²) in [6.07, 6.45) is 0.0411. The van der Waals surface area contributed by atoms with Crippen molar-refractivity contribution < 1.29 is 19.5 Å². The van der Waals surface area contributed by atoms with Crippen LogP contribution in [0.3, 0.4) is 0 Å². The molecule has 136 valence electrons. The number of hydrogen-bond acceptors (Lipinski definition) is 3. The van der Waals surface area contributed by atoms with Crippen molar-refractivity contribution in [1.29, 1.82) is 0 Å². The number of carboxylic acid groups (broad SMARTS) is 1. The summed E-state index contributed by atoms with van der Waals surface area (Å²) in [5.74, 6) is -1.60. The average molecular weight is 354 g/mol. The number of aromatic carboxylic acids is 1. The molecule has 2 aromatic rings. The number of carbonyl (C=O) groups excluding carboxylic acids is 2. The van der Waals surface area contributed by atoms with Gasteiger partial charge in [-0.25, -0.2) is 4.79 Å². The number of benzene rings is 2. The Hall–Kier alpha value is -3.15. The van der Waals surface area contributed by atoms with E-state index in [2.05, 4.69) is 10.6 Å². The lowest BCUT2D eigenvalue weighted by atomic mass is 10.0. The Morgan fingerprint density at radius 1 is 1.04 bits per heavy atom. The minimum Gasteiger partial charge on any atom is -0.478 e. The zero-order valence-corrected chi connectivity index (χ0v) is 15.0. The predicted octanol–water partition coefficient (Wildman–Crippen LogP) is 3.21. The molecule has 3 N–H and O–H groups in total. The molecule has 0 heterocycles. The third-order valence-electron chi connectivity index (χ3n) is 4.01. The van der Waals surface area contributed by atoms with Crippen molar-refractivity contribution in [3.05, 3.63) is 64.7 Å². The van der Waals surface area contributed by atoms with E-state index < -0.39 is 12.0 Å². The standard InChI is InChI=1S/C20H22N2O4/c1-12-4-7-15(8-5-12)18(21-14(3)23)11-19(24)22-17-10-16(20(25)26)9-6-13(17)2/h4-10,18H,11H2,1-3H3,(H,21,23)(H,22,24)(H,25,26). The number of amides is 2. The molecule has 0 aliphatic heterocycles. The van der Waals surface area contributed by atoms with E-state index in [9.17, 15) is 14.4 Å². The van der Waals surface area contributed by atoms with Crippen LogP contribution in [0.1, 0.15) is 46.4 Å². The Kier molecular flexibility index (Phi) is 6.11. The number of rotatable bonds is 6. The molecule has 0 saturated carbocycles. The second-order valence-corrected chi connectivity index (χ2v) is 6.25. The quantitative estimate of drug-likeness (QED) is 0.742. The molecule has 6 nitrogen and oxygen atoms in total. The molecule has 0 radical (unpaired) electrons. The van der Waals surface area contributed by atoms with Crippen LogP contribution < -0.4 is 10.6 Å². The molecule has 0 bridgehead atoms. The minimum atomic E-state index is -1.06. The Labute approximate surface area is 152 Å². The number of carbonyl (C=O) groups is 3. The Morgan fingerprint density at radius 3 is 2.27 bits per heavy atom. The van der Waals surface area contributed by atoms with E-state index in [1.54, 1.807) is 13.0 Å². The molecule has 2 amide bonds. The van der Waals surface area contributed by atoms with Crippen LogP contribution in [0.25, 0.3) is 0 Å². The molecule has 6 heteroatoms. The summed E-state index contributed by atoms with van der Waals surface area (Å²) in [5.41, 5.74) is 3.22. The van der Waals surface area contributed by atoms with E-state index in [1.165, 1.54) is 19.1 Å². The SMILES string of the molecule is CC(=O)NC(CC(=O)Nc1cc(C(=O)O)ccc1C)c1ccc(C)cc1. The maximum atomic E-state index is 12.5. The zero-order valence-electron chi connectivity index (χ0n) is 15.0. The maximum Gasteiger partial charge on any atom is 0.335 e. The highest BCUT2D eigenvalue weighted by Crippen LogP contribution is 2.21. The number of nitrogens with one attached hydrogen (secondary N) is 2. The van der Waals surface area contributed by atoms with Gasteiger partial charge in [0.25, 0.3) is 0 Å². The molecule has 0 fully saturated rings. The lowest BCUT2D eigenvalue weighted by Crippen LogP contribution is -2.29. The van der Waals surface area contributed by atoms with Gasteiger partial charge in [-0.15, -0.1) is 0 Å². The van der Waals surface area contributed by atoms with Gasteiger partial charge in [0.2, 0.25) is 11.8 Å². The summed E-state index contributed by atoms with van der Waals surface area (Å²) in [6.45, 7) is 5.15. The van der Waals surface area contributed by atoms with Gasteiger partial charge in [-0.2, -0.15) is 0 Å². The maximum absolute atomic E-state index is 12.5. The van der Waals surface area contributed by atoms with Crippen molar-refractivity contribution in [2.45, 2.75) is 33.2 Å². The van der Waals surface area contributed by atoms with Crippen molar-refractivity contribution >= 4 is 23.5 Å². The lowest BCUT2D eigenvalue weighted by Gasteiger charge is -2.19. The minimum absolute atomic E-state index is 0.0411. The summed E-state index contributed by atoms with van der Waals surface area (Å²) < 4.78 is 0. The molecular weight excluding hydrogens is 332 g/mol. The van der Waals surface area contributed by atoms with E-state index in [-0.39, 0.29) is 23.8 Å². The number of aryl methyl sites for hydroxylation is 2. The molecule has 0 aliphatic rings. The number of carboxylic acids is 1. The highest BCUT2D eigenvalue weighted by molar-refractivity contribution is 5.95. The number of anilines is 1. The Balaban J connectivity index is 2.17. The molecule has 26 heavy (non-hydrogen) atoms. The van der Waals surface area contributed by atoms with Crippen molar-refractivity contribution in [2.24, 2.45) is 0 Å². The summed E-state index contributed by atoms with van der Waals surface area (Å²) >= 11 is 0. The summed E-state index contributed by atoms with van der Waals surface area (Å²) in [5, 5.41) is 14.6. The Morgan fingerprint density at radius 2 is 1.69 bits per heavy atom. The van der Waals surface area contributed by atoms with E-state index in [0.717, 1.165) is 16.7 Å². The number of hydrogen-bond donors (Lipinski definition) is 3. The van der Waals surface area contributed by atoms with Crippen molar-refractivity contribution in [2.75, 3.05) is 5.32 Å². The topological polar surface area (TPSA) is 95.5 Å². The normalized spacial score (nSPS) is 11.5. The third-order valence-corrected chi connectivity index (χ3v) is 4.01. The van der Waals surface area contributed by atoms with Crippen LogP contribution in [0.5, 0.6) is 0 Å². The zero-order chi connectivity index (χ0) is 19.3. The van der Waals surface area contributed by atoms with Gasteiger partial charge in [-0.1, -0.05) is 35.9 Å². The first-order chi connectivity index (χ1) is 12.3. The first kappa shape index (κ1) is 19.2. The van der Waals surface area contributed by atoms with Crippen LogP contribution in [-0.4, -0.2) is 22.9 Å². The monoisotopic (exact) mass is 354 g/mol. The van der Waals surface area contributed by atoms with Crippen molar-refractivity contribution in [3.8, 4) is 0 Å². The average Bonchev–Trinajstić information content (AvgIpc) is 2.56. The predicted molar refractivity (Wildman–Crippen MR) is 99.1 cm³/mol. The van der Waals surface area contributed by atoms with E-state index in [0.29, 0.717) is 5.69 Å². The molecule has 2 rings (SSSR count). The Bertz CT molecular complexity index is 828. The second kappa shape index (κ2) is 8.29. The van der Waals surface area contributed by atoms with Crippen LogP contribution in [0.4, 0.5) is 5.69 Å². The molecule has 0 aromatic heterocycles. The fraction of sp³-hybridized carbons (Fsp3) is 0.250. The van der Waals surface area contributed by atoms with Gasteiger partial charge in [0.15, 0.2) is 0 Å². The van der Waals surface area contributed by atoms with Gasteiger partial charge in [0, 0.05) is 12.6 Å². The van der Waals surface area contributed by atoms with Gasteiger partial charge >= 0.3 is 5.97 Å². The fourth-order valence-corrected chi connectivity index (χ4v) is 2.57. The van der Waals surface area contributed by atoms with Gasteiger partial charge in [-0.05, 0) is 37.1 Å². The lowest BCUT2D eigenvalue weighted by molar-refractivity contribution is -0.120. The fourth-order valence-electron chi connectivity index (χ4n) is 2.57. The van der Waals surface area contributed by atoms with Gasteiger partial charge in [0.05, 0.1) is 18.0 Å². The molecule has 0 aliphatic carbocycles. The van der Waals surface area contributed by atoms with E-state index in [1.807, 2.05) is 31.2 Å². The molecule has 0 saturated heterocycles.